The second-order valence-corrected chi connectivity index (χ2v) is 5.76. The quantitative estimate of drug-likeness (QED) is 0.467. The van der Waals surface area contributed by atoms with Crippen molar-refractivity contribution in [3.05, 3.63) is 23.8 Å². The summed E-state index contributed by atoms with van der Waals surface area (Å²) in [5.41, 5.74) is 6.63. The lowest BCUT2D eigenvalue weighted by Crippen LogP contribution is -2.26. The number of benzene rings is 1. The molecule has 1 aromatic carbocycles. The zero-order valence-corrected chi connectivity index (χ0v) is 11.3. The van der Waals surface area contributed by atoms with Gasteiger partial charge in [-0.15, -0.1) is 12.3 Å². The van der Waals surface area contributed by atoms with Gasteiger partial charge in [-0.3, -0.25) is 0 Å². The molecule has 98 valence electrons. The van der Waals surface area contributed by atoms with Gasteiger partial charge in [0.2, 0.25) is 10.0 Å². The Hall–Kier alpha value is -1.51. The fourth-order valence-electron chi connectivity index (χ4n) is 1.67. The van der Waals surface area contributed by atoms with Crippen LogP contribution >= 0.6 is 0 Å². The zero-order chi connectivity index (χ0) is 13.6. The number of rotatable bonds is 6. The van der Waals surface area contributed by atoms with Crippen LogP contribution in [0.2, 0.25) is 0 Å². The number of hydrogen-bond acceptors (Lipinski definition) is 3. The molecule has 0 bridgehead atoms. The molecule has 0 radical (unpaired) electrons. The van der Waals surface area contributed by atoms with Crippen LogP contribution in [0.3, 0.4) is 0 Å². The number of nitrogens with two attached hydrogens (primary N) is 1. The van der Waals surface area contributed by atoms with Gasteiger partial charge in [-0.05, 0) is 31.4 Å². The molecule has 0 spiro atoms. The van der Waals surface area contributed by atoms with E-state index in [0.717, 1.165) is 12.8 Å². The third kappa shape index (κ3) is 3.76. The molecule has 0 saturated heterocycles. The molecule has 0 atom stereocenters. The maximum atomic E-state index is 12.1. The molecular weight excluding hydrogens is 248 g/mol. The molecule has 3 N–H and O–H groups in total. The Morgan fingerprint density at radius 1 is 1.39 bits per heavy atom. The third-order valence-electron chi connectivity index (χ3n) is 2.55. The van der Waals surface area contributed by atoms with Gasteiger partial charge < -0.3 is 5.73 Å². The molecule has 0 aliphatic carbocycles. The summed E-state index contributed by atoms with van der Waals surface area (Å²) in [6.07, 6.45) is 7.31. The molecule has 0 aliphatic heterocycles. The molecule has 0 aromatic heterocycles. The van der Waals surface area contributed by atoms with Crippen LogP contribution in [-0.2, 0) is 10.0 Å². The highest BCUT2D eigenvalue weighted by atomic mass is 32.2. The number of terminal acetylenes is 1. The Kier molecular flexibility index (Phi) is 5.20. The molecule has 18 heavy (non-hydrogen) atoms. The number of hydrogen-bond donors (Lipinski definition) is 2. The summed E-state index contributed by atoms with van der Waals surface area (Å²) in [4.78, 5) is 0.168. The fourth-order valence-corrected chi connectivity index (χ4v) is 3.10. The maximum absolute atomic E-state index is 12.1. The van der Waals surface area contributed by atoms with Crippen molar-refractivity contribution in [1.82, 2.24) is 4.72 Å². The first-order valence-electron chi connectivity index (χ1n) is 5.77. The summed E-state index contributed by atoms with van der Waals surface area (Å²) in [5.74, 6) is 2.52. The second-order valence-electron chi connectivity index (χ2n) is 4.05. The largest absolute Gasteiger partial charge is 0.398 e. The van der Waals surface area contributed by atoms with E-state index in [1.807, 2.05) is 0 Å². The number of nitrogen functional groups attached to an aromatic ring is 1. The van der Waals surface area contributed by atoms with E-state index >= 15 is 0 Å². The standard InChI is InChI=1S/C13H18N2O2S/c1-3-4-5-6-10-15-18(16,17)13-11(2)8-7-9-12(13)14/h1,7-9,15H,4-6,10,14H2,2H3. The van der Waals surface area contributed by atoms with Crippen LogP contribution in [0.1, 0.15) is 24.8 Å². The number of anilines is 1. The Labute approximate surface area is 109 Å². The number of aryl methyl sites for hydroxylation is 1. The van der Waals surface area contributed by atoms with Crippen LogP contribution in [0, 0.1) is 19.3 Å². The fraction of sp³-hybridized carbons (Fsp3) is 0.385. The van der Waals surface area contributed by atoms with Crippen LogP contribution in [-0.4, -0.2) is 15.0 Å². The molecule has 5 heteroatoms. The summed E-state index contributed by atoms with van der Waals surface area (Å²) < 4.78 is 26.7. The first kappa shape index (κ1) is 14.6. The number of sulfonamides is 1. The van der Waals surface area contributed by atoms with Crippen molar-refractivity contribution in [2.24, 2.45) is 0 Å². The van der Waals surface area contributed by atoms with Crippen LogP contribution in [0.4, 0.5) is 5.69 Å². The Morgan fingerprint density at radius 2 is 2.11 bits per heavy atom. The first-order valence-corrected chi connectivity index (χ1v) is 7.25. The monoisotopic (exact) mass is 266 g/mol. The third-order valence-corrected chi connectivity index (χ3v) is 4.23. The molecule has 4 nitrogen and oxygen atoms in total. The Morgan fingerprint density at radius 3 is 2.72 bits per heavy atom. The van der Waals surface area contributed by atoms with E-state index in [2.05, 4.69) is 10.6 Å². The van der Waals surface area contributed by atoms with E-state index in [-0.39, 0.29) is 10.6 Å². The molecule has 1 rings (SSSR count). The van der Waals surface area contributed by atoms with Gasteiger partial charge in [0.05, 0.1) is 5.69 Å². The molecule has 0 aliphatic rings. The molecule has 0 heterocycles. The summed E-state index contributed by atoms with van der Waals surface area (Å²) in [5, 5.41) is 0. The number of unbranched alkanes of at least 4 members (excludes halogenated alkanes) is 2. The van der Waals surface area contributed by atoms with Crippen molar-refractivity contribution in [2.75, 3.05) is 12.3 Å². The predicted molar refractivity (Wildman–Crippen MR) is 73.5 cm³/mol. The van der Waals surface area contributed by atoms with Gasteiger partial charge in [-0.25, -0.2) is 13.1 Å². The Bertz CT molecular complexity index is 524. The average Bonchev–Trinajstić information content (AvgIpc) is 2.28. The molecule has 0 unspecified atom stereocenters. The van der Waals surface area contributed by atoms with Gasteiger partial charge in [0.25, 0.3) is 0 Å². The highest BCUT2D eigenvalue weighted by Crippen LogP contribution is 2.21. The van der Waals surface area contributed by atoms with Crippen molar-refractivity contribution < 1.29 is 8.42 Å². The lowest BCUT2D eigenvalue weighted by atomic mass is 10.2. The normalized spacial score (nSPS) is 11.1. The second kappa shape index (κ2) is 6.43. The molecule has 0 amide bonds. The van der Waals surface area contributed by atoms with E-state index in [1.54, 1.807) is 25.1 Å². The molecule has 0 saturated carbocycles. The van der Waals surface area contributed by atoms with Gasteiger partial charge in [0, 0.05) is 13.0 Å². The predicted octanol–water partition coefficient (Wildman–Crippen LogP) is 1.66. The average molecular weight is 266 g/mol. The minimum Gasteiger partial charge on any atom is -0.398 e. The van der Waals surface area contributed by atoms with Gasteiger partial charge in [-0.2, -0.15) is 0 Å². The number of nitrogens with one attached hydrogen (secondary N) is 1. The van der Waals surface area contributed by atoms with E-state index in [9.17, 15) is 8.42 Å². The summed E-state index contributed by atoms with van der Waals surface area (Å²) >= 11 is 0. The lowest BCUT2D eigenvalue weighted by molar-refractivity contribution is 0.577. The smallest absolute Gasteiger partial charge is 0.242 e. The van der Waals surface area contributed by atoms with E-state index in [0.29, 0.717) is 18.5 Å². The van der Waals surface area contributed by atoms with Crippen molar-refractivity contribution in [1.29, 1.82) is 0 Å². The lowest BCUT2D eigenvalue weighted by Gasteiger charge is -2.11. The van der Waals surface area contributed by atoms with Gasteiger partial charge in [-0.1, -0.05) is 12.1 Å². The molecule has 0 fully saturated rings. The van der Waals surface area contributed by atoms with Crippen LogP contribution in [0.25, 0.3) is 0 Å². The topological polar surface area (TPSA) is 72.2 Å². The van der Waals surface area contributed by atoms with Crippen molar-refractivity contribution in [2.45, 2.75) is 31.1 Å². The highest BCUT2D eigenvalue weighted by molar-refractivity contribution is 7.89. The first-order chi connectivity index (χ1) is 8.49. The summed E-state index contributed by atoms with van der Waals surface area (Å²) in [6, 6.07) is 5.04. The minimum atomic E-state index is -3.54. The van der Waals surface area contributed by atoms with Crippen LogP contribution < -0.4 is 10.5 Å². The van der Waals surface area contributed by atoms with Gasteiger partial charge >= 0.3 is 0 Å². The van der Waals surface area contributed by atoms with E-state index < -0.39 is 10.0 Å². The van der Waals surface area contributed by atoms with Gasteiger partial charge in [0.15, 0.2) is 0 Å². The molecule has 1 aromatic rings. The molecular formula is C13H18N2O2S. The van der Waals surface area contributed by atoms with Gasteiger partial charge in [0.1, 0.15) is 4.90 Å². The summed E-state index contributed by atoms with van der Waals surface area (Å²) in [6.45, 7) is 2.10. The SMILES string of the molecule is C#CCCCCNS(=O)(=O)c1c(C)cccc1N. The van der Waals surface area contributed by atoms with E-state index in [1.165, 1.54) is 0 Å². The zero-order valence-electron chi connectivity index (χ0n) is 10.4. The van der Waals surface area contributed by atoms with Crippen molar-refractivity contribution in [3.8, 4) is 12.3 Å². The highest BCUT2D eigenvalue weighted by Gasteiger charge is 2.18. The van der Waals surface area contributed by atoms with Crippen molar-refractivity contribution >= 4 is 15.7 Å². The van der Waals surface area contributed by atoms with Crippen LogP contribution in [0.5, 0.6) is 0 Å². The minimum absolute atomic E-state index is 0.168. The maximum Gasteiger partial charge on any atom is 0.242 e. The van der Waals surface area contributed by atoms with Crippen molar-refractivity contribution in [3.63, 3.8) is 0 Å². The Balaban J connectivity index is 2.73. The summed E-state index contributed by atoms with van der Waals surface area (Å²) in [7, 11) is -3.54. The van der Waals surface area contributed by atoms with Crippen LogP contribution in [0.15, 0.2) is 23.1 Å². The van der Waals surface area contributed by atoms with E-state index in [4.69, 9.17) is 12.2 Å².